The lowest BCUT2D eigenvalue weighted by Gasteiger charge is -2.30. The van der Waals surface area contributed by atoms with E-state index in [1.54, 1.807) is 18.2 Å². The summed E-state index contributed by atoms with van der Waals surface area (Å²) in [5, 5.41) is 0. The second-order valence-corrected chi connectivity index (χ2v) is 9.88. The van der Waals surface area contributed by atoms with Gasteiger partial charge < -0.3 is 4.74 Å². The smallest absolute Gasteiger partial charge is 0.341 e. The lowest BCUT2D eigenvalue weighted by atomic mass is 9.77. The standard InChI is InChI=1S/C28H33F3O2/c1-3-18-6-13-24(25(29)16-18)28(32)33-21-11-9-20(10-12-21)23-15-14-22(26(30)27(23)31)19-7-4-17(2)5-8-19/h6,13-17,19-21H,3-5,7-12H2,1-2H3. The summed E-state index contributed by atoms with van der Waals surface area (Å²) in [6, 6.07) is 8.10. The van der Waals surface area contributed by atoms with Crippen LogP contribution in [0.5, 0.6) is 0 Å². The van der Waals surface area contributed by atoms with Crippen molar-refractivity contribution in [3.05, 3.63) is 70.0 Å². The minimum Gasteiger partial charge on any atom is -0.459 e. The van der Waals surface area contributed by atoms with E-state index in [1.807, 2.05) is 6.92 Å². The first-order valence-electron chi connectivity index (χ1n) is 12.3. The van der Waals surface area contributed by atoms with Crippen LogP contribution in [0.4, 0.5) is 13.2 Å². The monoisotopic (exact) mass is 458 g/mol. The van der Waals surface area contributed by atoms with Gasteiger partial charge in [-0.1, -0.05) is 44.9 Å². The summed E-state index contributed by atoms with van der Waals surface area (Å²) < 4.78 is 49.7. The Morgan fingerprint density at radius 2 is 1.39 bits per heavy atom. The minimum absolute atomic E-state index is 0.0601. The van der Waals surface area contributed by atoms with Crippen molar-refractivity contribution in [2.75, 3.05) is 0 Å². The van der Waals surface area contributed by atoms with Crippen molar-refractivity contribution in [2.24, 2.45) is 5.92 Å². The molecule has 0 unspecified atom stereocenters. The average Bonchev–Trinajstić information content (AvgIpc) is 2.82. The number of hydrogen-bond donors (Lipinski definition) is 0. The van der Waals surface area contributed by atoms with Crippen molar-refractivity contribution in [1.82, 2.24) is 0 Å². The predicted octanol–water partition coefficient (Wildman–Crippen LogP) is 7.84. The quantitative estimate of drug-likeness (QED) is 0.427. The zero-order chi connectivity index (χ0) is 23.5. The first-order chi connectivity index (χ1) is 15.9. The minimum atomic E-state index is -0.718. The maximum atomic E-state index is 15.0. The molecule has 0 bridgehead atoms. The van der Waals surface area contributed by atoms with Crippen molar-refractivity contribution in [3.8, 4) is 0 Å². The zero-order valence-corrected chi connectivity index (χ0v) is 19.5. The Labute approximate surface area is 194 Å². The predicted molar refractivity (Wildman–Crippen MR) is 123 cm³/mol. The molecule has 2 saturated carbocycles. The van der Waals surface area contributed by atoms with Gasteiger partial charge in [0.05, 0.1) is 5.56 Å². The average molecular weight is 459 g/mol. The molecule has 2 aromatic rings. The molecule has 0 spiro atoms. The highest BCUT2D eigenvalue weighted by Gasteiger charge is 2.30. The molecule has 2 fully saturated rings. The molecule has 0 N–H and O–H groups in total. The summed E-state index contributed by atoms with van der Waals surface area (Å²) in [4.78, 5) is 12.4. The van der Waals surface area contributed by atoms with Crippen molar-refractivity contribution in [3.63, 3.8) is 0 Å². The summed E-state index contributed by atoms with van der Waals surface area (Å²) in [5.74, 6) is -1.98. The number of aryl methyl sites for hydroxylation is 1. The van der Waals surface area contributed by atoms with Gasteiger partial charge in [0.1, 0.15) is 11.9 Å². The molecule has 2 aliphatic carbocycles. The lowest BCUT2D eigenvalue weighted by molar-refractivity contribution is 0.0189. The van der Waals surface area contributed by atoms with Crippen LogP contribution < -0.4 is 0 Å². The van der Waals surface area contributed by atoms with Crippen LogP contribution in [0.1, 0.15) is 104 Å². The third kappa shape index (κ3) is 5.28. The Balaban J connectivity index is 1.37. The van der Waals surface area contributed by atoms with Gasteiger partial charge >= 0.3 is 5.97 Å². The van der Waals surface area contributed by atoms with Gasteiger partial charge in [-0.15, -0.1) is 0 Å². The van der Waals surface area contributed by atoms with Crippen LogP contribution in [0.15, 0.2) is 30.3 Å². The number of halogens is 3. The molecular formula is C28H33F3O2. The van der Waals surface area contributed by atoms with E-state index in [2.05, 4.69) is 6.92 Å². The largest absolute Gasteiger partial charge is 0.459 e. The Morgan fingerprint density at radius 3 is 1.91 bits per heavy atom. The number of carbonyl (C=O) groups is 1. The zero-order valence-electron chi connectivity index (χ0n) is 19.5. The second-order valence-electron chi connectivity index (χ2n) is 9.88. The first-order valence-corrected chi connectivity index (χ1v) is 12.3. The van der Waals surface area contributed by atoms with Crippen molar-refractivity contribution < 1.29 is 22.7 Å². The van der Waals surface area contributed by atoms with Crippen molar-refractivity contribution in [1.29, 1.82) is 0 Å². The van der Waals surface area contributed by atoms with Gasteiger partial charge in [-0.05, 0) is 91.5 Å². The number of ether oxygens (including phenoxy) is 1. The van der Waals surface area contributed by atoms with Crippen LogP contribution in [0.3, 0.4) is 0 Å². The molecule has 0 saturated heterocycles. The van der Waals surface area contributed by atoms with Crippen LogP contribution in [0.25, 0.3) is 0 Å². The molecule has 0 amide bonds. The van der Waals surface area contributed by atoms with E-state index in [1.165, 1.54) is 12.1 Å². The van der Waals surface area contributed by atoms with E-state index in [4.69, 9.17) is 4.74 Å². The maximum Gasteiger partial charge on any atom is 0.341 e. The highest BCUT2D eigenvalue weighted by molar-refractivity contribution is 5.89. The molecule has 33 heavy (non-hydrogen) atoms. The van der Waals surface area contributed by atoms with Crippen LogP contribution in [-0.4, -0.2) is 12.1 Å². The van der Waals surface area contributed by atoms with E-state index in [-0.39, 0.29) is 23.5 Å². The van der Waals surface area contributed by atoms with Crippen LogP contribution >= 0.6 is 0 Å². The summed E-state index contributed by atoms with van der Waals surface area (Å²) in [6.07, 6.45) is 6.60. The number of benzene rings is 2. The highest BCUT2D eigenvalue weighted by Crippen LogP contribution is 2.40. The molecule has 178 valence electrons. The molecule has 2 aromatic carbocycles. The van der Waals surface area contributed by atoms with E-state index in [0.717, 1.165) is 31.2 Å². The molecule has 0 heterocycles. The topological polar surface area (TPSA) is 26.3 Å². The number of esters is 1. The number of hydrogen-bond acceptors (Lipinski definition) is 2. The maximum absolute atomic E-state index is 15.0. The molecule has 0 radical (unpaired) electrons. The second kappa shape index (κ2) is 10.3. The van der Waals surface area contributed by atoms with Crippen LogP contribution in [-0.2, 0) is 11.2 Å². The van der Waals surface area contributed by atoms with Gasteiger partial charge in [-0.2, -0.15) is 0 Å². The summed E-state index contributed by atoms with van der Waals surface area (Å²) in [5.41, 5.74) is 1.70. The third-order valence-corrected chi connectivity index (χ3v) is 7.65. The van der Waals surface area contributed by atoms with Gasteiger partial charge in [-0.3, -0.25) is 0 Å². The first kappa shape index (κ1) is 23.8. The van der Waals surface area contributed by atoms with Gasteiger partial charge in [0, 0.05) is 0 Å². The Morgan fingerprint density at radius 1 is 0.848 bits per heavy atom. The van der Waals surface area contributed by atoms with E-state index >= 15 is 4.39 Å². The van der Waals surface area contributed by atoms with Crippen LogP contribution in [0, 0.1) is 23.4 Å². The fraction of sp³-hybridized carbons (Fsp3) is 0.536. The summed E-state index contributed by atoms with van der Waals surface area (Å²) >= 11 is 0. The van der Waals surface area contributed by atoms with Crippen molar-refractivity contribution in [2.45, 2.75) is 89.6 Å². The number of rotatable bonds is 5. The number of carbonyl (C=O) groups excluding carboxylic acids is 1. The Hall–Kier alpha value is -2.30. The molecule has 4 rings (SSSR count). The van der Waals surface area contributed by atoms with Gasteiger partial charge in [0.25, 0.3) is 0 Å². The summed E-state index contributed by atoms with van der Waals surface area (Å²) in [6.45, 7) is 4.13. The molecule has 2 aliphatic rings. The van der Waals surface area contributed by atoms with E-state index < -0.39 is 23.4 Å². The fourth-order valence-corrected chi connectivity index (χ4v) is 5.43. The molecule has 5 heteroatoms. The lowest BCUT2D eigenvalue weighted by Crippen LogP contribution is -2.25. The van der Waals surface area contributed by atoms with Crippen LogP contribution in [0.2, 0.25) is 0 Å². The Bertz CT molecular complexity index is 987. The molecule has 0 aromatic heterocycles. The molecular weight excluding hydrogens is 425 g/mol. The van der Waals surface area contributed by atoms with Gasteiger partial charge in [0.2, 0.25) is 0 Å². The van der Waals surface area contributed by atoms with Gasteiger partial charge in [-0.25, -0.2) is 18.0 Å². The Kier molecular flexibility index (Phi) is 7.45. The van der Waals surface area contributed by atoms with E-state index in [0.29, 0.717) is 49.1 Å². The molecule has 2 nitrogen and oxygen atoms in total. The molecule has 0 atom stereocenters. The third-order valence-electron chi connectivity index (χ3n) is 7.65. The normalized spacial score (nSPS) is 25.6. The molecule has 0 aliphatic heterocycles. The van der Waals surface area contributed by atoms with Gasteiger partial charge in [0.15, 0.2) is 11.6 Å². The summed E-state index contributed by atoms with van der Waals surface area (Å²) in [7, 11) is 0. The van der Waals surface area contributed by atoms with E-state index in [9.17, 15) is 13.6 Å². The highest BCUT2D eigenvalue weighted by atomic mass is 19.2. The SMILES string of the molecule is CCc1ccc(C(=O)OC2CCC(c3ccc(C4CCC(C)CC4)c(F)c3F)CC2)c(F)c1. The fourth-order valence-electron chi connectivity index (χ4n) is 5.43. The van der Waals surface area contributed by atoms with Crippen molar-refractivity contribution >= 4 is 5.97 Å².